The average Bonchev–Trinajstić information content (AvgIpc) is 2.76. The molecule has 0 saturated heterocycles. The Hall–Kier alpha value is -0.830. The van der Waals surface area contributed by atoms with E-state index >= 15 is 0 Å². The smallest absolute Gasteiger partial charge is 0.110 e. The number of nitrogens with zero attached hydrogens (tertiary/aromatic N) is 2. The topological polar surface area (TPSA) is 29.9 Å². The summed E-state index contributed by atoms with van der Waals surface area (Å²) in [5.41, 5.74) is 2.83. The number of aromatic nitrogens is 2. The van der Waals surface area contributed by atoms with Crippen LogP contribution in [0, 0.1) is 0 Å². The minimum atomic E-state index is 1.03. The molecular formula is C11H19N3. The summed E-state index contributed by atoms with van der Waals surface area (Å²) in [6.45, 7) is 4.41. The Morgan fingerprint density at radius 2 is 2.36 bits per heavy atom. The van der Waals surface area contributed by atoms with E-state index in [9.17, 15) is 0 Å². The number of fused-ring (bicyclic) bond motifs is 1. The van der Waals surface area contributed by atoms with Crippen molar-refractivity contribution < 1.29 is 0 Å². The van der Waals surface area contributed by atoms with Crippen molar-refractivity contribution in [2.24, 2.45) is 0 Å². The summed E-state index contributed by atoms with van der Waals surface area (Å²) in [5, 5.41) is 3.18. The van der Waals surface area contributed by atoms with E-state index in [0.29, 0.717) is 0 Å². The first-order valence-corrected chi connectivity index (χ1v) is 5.58. The fourth-order valence-electron chi connectivity index (χ4n) is 2.25. The largest absolute Gasteiger partial charge is 0.332 e. The van der Waals surface area contributed by atoms with Gasteiger partial charge in [0.05, 0.1) is 5.69 Å². The molecule has 3 heteroatoms. The molecule has 0 fully saturated rings. The van der Waals surface area contributed by atoms with E-state index in [-0.39, 0.29) is 0 Å². The fourth-order valence-corrected chi connectivity index (χ4v) is 2.25. The highest BCUT2D eigenvalue weighted by molar-refractivity contribution is 5.20. The number of aryl methyl sites for hydroxylation is 1. The summed E-state index contributed by atoms with van der Waals surface area (Å²) in [6, 6.07) is 0. The lowest BCUT2D eigenvalue weighted by atomic mass is 10.2. The Kier molecular flexibility index (Phi) is 2.87. The molecule has 14 heavy (non-hydrogen) atoms. The van der Waals surface area contributed by atoms with Gasteiger partial charge in [-0.05, 0) is 26.3 Å². The lowest BCUT2D eigenvalue weighted by Gasteiger charge is -2.02. The van der Waals surface area contributed by atoms with Crippen molar-refractivity contribution in [2.45, 2.75) is 39.2 Å². The highest BCUT2D eigenvalue weighted by Gasteiger charge is 2.19. The lowest BCUT2D eigenvalue weighted by molar-refractivity contribution is 0.662. The molecular weight excluding hydrogens is 174 g/mol. The van der Waals surface area contributed by atoms with Gasteiger partial charge in [-0.2, -0.15) is 0 Å². The molecule has 0 atom stereocenters. The zero-order valence-electron chi connectivity index (χ0n) is 9.14. The van der Waals surface area contributed by atoms with Gasteiger partial charge in [0.2, 0.25) is 0 Å². The molecule has 3 nitrogen and oxygen atoms in total. The van der Waals surface area contributed by atoms with E-state index in [1.165, 1.54) is 36.6 Å². The van der Waals surface area contributed by atoms with E-state index in [0.717, 1.165) is 19.4 Å². The van der Waals surface area contributed by atoms with Gasteiger partial charge in [0.15, 0.2) is 0 Å². The van der Waals surface area contributed by atoms with Crippen LogP contribution in [0.3, 0.4) is 0 Å². The number of rotatable bonds is 4. The standard InChI is InChI=1S/C11H19N3/c1-3-9-10-5-4-8-14(10)11(13-9)6-7-12-2/h12H,3-8H2,1-2H3. The predicted octanol–water partition coefficient (Wildman–Crippen LogP) is 1.15. The second-order valence-electron chi connectivity index (χ2n) is 3.88. The number of imidazole rings is 1. The van der Waals surface area contributed by atoms with Gasteiger partial charge in [0, 0.05) is 25.2 Å². The van der Waals surface area contributed by atoms with Crippen molar-refractivity contribution in [1.82, 2.24) is 14.9 Å². The fraction of sp³-hybridized carbons (Fsp3) is 0.727. The second-order valence-corrected chi connectivity index (χ2v) is 3.88. The zero-order valence-corrected chi connectivity index (χ0v) is 9.14. The van der Waals surface area contributed by atoms with Gasteiger partial charge in [-0.25, -0.2) is 4.98 Å². The van der Waals surface area contributed by atoms with Crippen LogP contribution in [0.25, 0.3) is 0 Å². The first-order chi connectivity index (χ1) is 6.86. The molecule has 0 radical (unpaired) electrons. The van der Waals surface area contributed by atoms with Gasteiger partial charge in [-0.1, -0.05) is 6.92 Å². The van der Waals surface area contributed by atoms with Crippen LogP contribution in [0.4, 0.5) is 0 Å². The van der Waals surface area contributed by atoms with Gasteiger partial charge >= 0.3 is 0 Å². The molecule has 0 bridgehead atoms. The number of likely N-dealkylation sites (N-methyl/N-ethyl adjacent to an activating group) is 1. The molecule has 78 valence electrons. The van der Waals surface area contributed by atoms with Crippen molar-refractivity contribution in [2.75, 3.05) is 13.6 Å². The van der Waals surface area contributed by atoms with Crippen molar-refractivity contribution in [3.63, 3.8) is 0 Å². The molecule has 2 rings (SSSR count). The molecule has 1 aliphatic rings. The van der Waals surface area contributed by atoms with Gasteiger partial charge in [-0.3, -0.25) is 0 Å². The molecule has 0 amide bonds. The highest BCUT2D eigenvalue weighted by atomic mass is 15.1. The molecule has 0 unspecified atom stereocenters. The van der Waals surface area contributed by atoms with Gasteiger partial charge < -0.3 is 9.88 Å². The van der Waals surface area contributed by atoms with E-state index in [1.54, 1.807) is 0 Å². The molecule has 2 heterocycles. The van der Waals surface area contributed by atoms with Crippen molar-refractivity contribution in [1.29, 1.82) is 0 Å². The van der Waals surface area contributed by atoms with Crippen LogP contribution in [-0.2, 0) is 25.8 Å². The Morgan fingerprint density at radius 1 is 1.50 bits per heavy atom. The van der Waals surface area contributed by atoms with Crippen LogP contribution in [0.2, 0.25) is 0 Å². The number of hydrogen-bond acceptors (Lipinski definition) is 2. The number of nitrogens with one attached hydrogen (secondary N) is 1. The molecule has 0 aliphatic carbocycles. The van der Waals surface area contributed by atoms with Crippen molar-refractivity contribution in [3.8, 4) is 0 Å². The maximum atomic E-state index is 4.71. The lowest BCUT2D eigenvalue weighted by Crippen LogP contribution is -2.13. The van der Waals surface area contributed by atoms with Crippen LogP contribution >= 0.6 is 0 Å². The Bertz CT molecular complexity index is 315. The third kappa shape index (κ3) is 1.57. The van der Waals surface area contributed by atoms with Crippen LogP contribution in [0.15, 0.2) is 0 Å². The van der Waals surface area contributed by atoms with E-state index in [4.69, 9.17) is 4.98 Å². The average molecular weight is 193 g/mol. The van der Waals surface area contributed by atoms with E-state index < -0.39 is 0 Å². The molecule has 1 aliphatic heterocycles. The maximum absolute atomic E-state index is 4.71. The van der Waals surface area contributed by atoms with Crippen molar-refractivity contribution >= 4 is 0 Å². The number of hydrogen-bond donors (Lipinski definition) is 1. The van der Waals surface area contributed by atoms with E-state index in [2.05, 4.69) is 16.8 Å². The quantitative estimate of drug-likeness (QED) is 0.777. The van der Waals surface area contributed by atoms with Gasteiger partial charge in [0.1, 0.15) is 5.82 Å². The SMILES string of the molecule is CCc1nc(CCNC)n2c1CCC2. The Balaban J connectivity index is 2.23. The second kappa shape index (κ2) is 4.13. The Labute approximate surface area is 85.5 Å². The minimum Gasteiger partial charge on any atom is -0.332 e. The highest BCUT2D eigenvalue weighted by Crippen LogP contribution is 2.21. The summed E-state index contributed by atoms with van der Waals surface area (Å²) in [4.78, 5) is 4.71. The Morgan fingerprint density at radius 3 is 3.07 bits per heavy atom. The summed E-state index contributed by atoms with van der Waals surface area (Å²) >= 11 is 0. The molecule has 0 aromatic carbocycles. The zero-order chi connectivity index (χ0) is 9.97. The van der Waals surface area contributed by atoms with Crippen molar-refractivity contribution in [3.05, 3.63) is 17.2 Å². The first kappa shape index (κ1) is 9.71. The van der Waals surface area contributed by atoms with Gasteiger partial charge in [-0.15, -0.1) is 0 Å². The summed E-state index contributed by atoms with van der Waals surface area (Å²) in [7, 11) is 1.99. The van der Waals surface area contributed by atoms with E-state index in [1.807, 2.05) is 7.05 Å². The predicted molar refractivity (Wildman–Crippen MR) is 57.6 cm³/mol. The summed E-state index contributed by atoms with van der Waals surface area (Å²) in [5.74, 6) is 1.28. The molecule has 0 saturated carbocycles. The maximum Gasteiger partial charge on any atom is 0.110 e. The van der Waals surface area contributed by atoms with Crippen LogP contribution in [0.5, 0.6) is 0 Å². The molecule has 1 N–H and O–H groups in total. The molecule has 1 aromatic rings. The molecule has 1 aromatic heterocycles. The monoisotopic (exact) mass is 193 g/mol. The van der Waals surface area contributed by atoms with Gasteiger partial charge in [0.25, 0.3) is 0 Å². The summed E-state index contributed by atoms with van der Waals surface area (Å²) < 4.78 is 2.43. The summed E-state index contributed by atoms with van der Waals surface area (Å²) in [6.07, 6.45) is 4.67. The third-order valence-corrected chi connectivity index (χ3v) is 2.96. The first-order valence-electron chi connectivity index (χ1n) is 5.58. The molecule has 0 spiro atoms. The minimum absolute atomic E-state index is 1.03. The van der Waals surface area contributed by atoms with Crippen LogP contribution in [-0.4, -0.2) is 23.1 Å². The third-order valence-electron chi connectivity index (χ3n) is 2.96. The normalized spacial score (nSPS) is 14.7. The van der Waals surface area contributed by atoms with Crippen LogP contribution < -0.4 is 5.32 Å². The van der Waals surface area contributed by atoms with Crippen LogP contribution in [0.1, 0.15) is 30.6 Å².